The van der Waals surface area contributed by atoms with Crippen LogP contribution in [0.2, 0.25) is 0 Å². The molecule has 1 aliphatic rings. The quantitative estimate of drug-likeness (QED) is 0.921. The lowest BCUT2D eigenvalue weighted by Crippen LogP contribution is -2.45. The van der Waals surface area contributed by atoms with Gasteiger partial charge in [0.2, 0.25) is 5.95 Å². The molecular formula is C18H22N4O. The lowest BCUT2D eigenvalue weighted by molar-refractivity contribution is -0.0710. The molecule has 0 unspecified atom stereocenters. The van der Waals surface area contributed by atoms with Gasteiger partial charge in [0.1, 0.15) is 11.4 Å². The molecule has 0 atom stereocenters. The van der Waals surface area contributed by atoms with E-state index in [1.165, 1.54) is 0 Å². The van der Waals surface area contributed by atoms with Gasteiger partial charge in [-0.05, 0) is 19.4 Å². The lowest BCUT2D eigenvalue weighted by atomic mass is 9.68. The van der Waals surface area contributed by atoms with Crippen molar-refractivity contribution >= 4 is 11.5 Å². The van der Waals surface area contributed by atoms with Crippen LogP contribution in [0.15, 0.2) is 36.4 Å². The molecule has 2 heterocycles. The van der Waals surface area contributed by atoms with E-state index < -0.39 is 0 Å². The second-order valence-electron chi connectivity index (χ2n) is 6.80. The third kappa shape index (κ3) is 2.61. The summed E-state index contributed by atoms with van der Waals surface area (Å²) < 4.78 is 5.93. The van der Waals surface area contributed by atoms with Crippen molar-refractivity contribution in [3.05, 3.63) is 42.1 Å². The number of ether oxygens (including phenoxy) is 1. The Kier molecular flexibility index (Phi) is 3.68. The molecule has 0 spiro atoms. The third-order valence-electron chi connectivity index (χ3n) is 4.92. The van der Waals surface area contributed by atoms with Crippen LogP contribution in [0.5, 0.6) is 0 Å². The van der Waals surface area contributed by atoms with Crippen LogP contribution in [0, 0.1) is 5.41 Å². The summed E-state index contributed by atoms with van der Waals surface area (Å²) in [7, 11) is 0. The highest BCUT2D eigenvalue weighted by Crippen LogP contribution is 2.48. The van der Waals surface area contributed by atoms with Gasteiger partial charge in [-0.15, -0.1) is 10.2 Å². The second-order valence-corrected chi connectivity index (χ2v) is 6.80. The smallest absolute Gasteiger partial charge is 0.240 e. The van der Waals surface area contributed by atoms with Crippen molar-refractivity contribution in [1.29, 1.82) is 0 Å². The summed E-state index contributed by atoms with van der Waals surface area (Å²) in [5.74, 6) is 0.178. The minimum absolute atomic E-state index is 0.178. The van der Waals surface area contributed by atoms with E-state index in [4.69, 9.17) is 10.5 Å². The number of anilines is 1. The molecule has 1 aromatic heterocycles. The minimum atomic E-state index is -0.311. The first-order valence-corrected chi connectivity index (χ1v) is 7.73. The third-order valence-corrected chi connectivity index (χ3v) is 4.92. The highest BCUT2D eigenvalue weighted by Gasteiger charge is 2.45. The molecule has 0 amide bonds. The molecule has 2 aromatic rings. The van der Waals surface area contributed by atoms with Gasteiger partial charge >= 0.3 is 0 Å². The summed E-state index contributed by atoms with van der Waals surface area (Å²) >= 11 is 0. The summed E-state index contributed by atoms with van der Waals surface area (Å²) in [6.07, 6.45) is 2.07. The van der Waals surface area contributed by atoms with Gasteiger partial charge in [-0.25, -0.2) is 4.98 Å². The van der Waals surface area contributed by atoms with Crippen molar-refractivity contribution in [2.45, 2.75) is 33.3 Å². The number of hydrogen-bond acceptors (Lipinski definition) is 5. The average Bonchev–Trinajstić information content (AvgIpc) is 2.51. The number of aromatic nitrogens is 3. The zero-order chi connectivity index (χ0) is 16.7. The molecule has 3 rings (SSSR count). The van der Waals surface area contributed by atoms with Crippen LogP contribution in [0.4, 0.5) is 5.95 Å². The zero-order valence-corrected chi connectivity index (χ0v) is 14.0. The Morgan fingerprint density at radius 2 is 1.70 bits per heavy atom. The van der Waals surface area contributed by atoms with Gasteiger partial charge in [0.05, 0.1) is 12.2 Å². The predicted octanol–water partition coefficient (Wildman–Crippen LogP) is 3.34. The molecule has 0 saturated carbocycles. The van der Waals surface area contributed by atoms with Gasteiger partial charge in [0.25, 0.3) is 0 Å². The van der Waals surface area contributed by atoms with Crippen molar-refractivity contribution in [3.63, 3.8) is 0 Å². The fourth-order valence-corrected chi connectivity index (χ4v) is 2.80. The number of nitrogens with zero attached hydrogens (tertiary/aromatic N) is 3. The average molecular weight is 310 g/mol. The topological polar surface area (TPSA) is 73.9 Å². The van der Waals surface area contributed by atoms with E-state index in [9.17, 15) is 0 Å². The molecule has 0 fully saturated rings. The SMILES string of the molecule is CC1(C)OCC=C(c2nnc(N)nc2-c2ccccc2)C1(C)C. The summed E-state index contributed by atoms with van der Waals surface area (Å²) in [5, 5.41) is 8.37. The van der Waals surface area contributed by atoms with Crippen LogP contribution in [0.3, 0.4) is 0 Å². The second kappa shape index (κ2) is 5.42. The molecule has 120 valence electrons. The van der Waals surface area contributed by atoms with Crippen molar-refractivity contribution in [3.8, 4) is 11.3 Å². The van der Waals surface area contributed by atoms with Crippen molar-refractivity contribution in [2.75, 3.05) is 12.3 Å². The highest BCUT2D eigenvalue weighted by molar-refractivity contribution is 5.80. The maximum Gasteiger partial charge on any atom is 0.240 e. The maximum absolute atomic E-state index is 5.93. The zero-order valence-electron chi connectivity index (χ0n) is 14.0. The van der Waals surface area contributed by atoms with E-state index in [1.807, 2.05) is 30.3 Å². The van der Waals surface area contributed by atoms with E-state index in [0.29, 0.717) is 6.61 Å². The molecule has 23 heavy (non-hydrogen) atoms. The van der Waals surface area contributed by atoms with E-state index in [0.717, 1.165) is 22.5 Å². The summed E-state index contributed by atoms with van der Waals surface area (Å²) in [4.78, 5) is 4.45. The van der Waals surface area contributed by atoms with Gasteiger partial charge in [0, 0.05) is 11.0 Å². The van der Waals surface area contributed by atoms with Gasteiger partial charge < -0.3 is 10.5 Å². The highest BCUT2D eigenvalue weighted by atomic mass is 16.5. The minimum Gasteiger partial charge on any atom is -0.371 e. The van der Waals surface area contributed by atoms with Crippen LogP contribution in [0.1, 0.15) is 33.4 Å². The van der Waals surface area contributed by atoms with Gasteiger partial charge in [-0.1, -0.05) is 50.3 Å². The van der Waals surface area contributed by atoms with Crippen molar-refractivity contribution in [2.24, 2.45) is 5.41 Å². The number of rotatable bonds is 2. The molecule has 0 bridgehead atoms. The number of hydrogen-bond donors (Lipinski definition) is 1. The van der Waals surface area contributed by atoms with E-state index in [1.54, 1.807) is 0 Å². The van der Waals surface area contributed by atoms with E-state index in [2.05, 4.69) is 49.0 Å². The van der Waals surface area contributed by atoms with Crippen LogP contribution in [-0.2, 0) is 4.74 Å². The molecule has 0 aliphatic carbocycles. The van der Waals surface area contributed by atoms with Crippen LogP contribution < -0.4 is 5.73 Å². The molecule has 0 radical (unpaired) electrons. The normalized spacial score (nSPS) is 19.2. The Morgan fingerprint density at radius 3 is 2.39 bits per heavy atom. The fourth-order valence-electron chi connectivity index (χ4n) is 2.80. The van der Waals surface area contributed by atoms with Crippen LogP contribution in [-0.4, -0.2) is 27.4 Å². The Labute approximate surface area is 136 Å². The summed E-state index contributed by atoms with van der Waals surface area (Å²) in [6, 6.07) is 9.94. The Morgan fingerprint density at radius 1 is 1.00 bits per heavy atom. The molecular weight excluding hydrogens is 288 g/mol. The first-order valence-electron chi connectivity index (χ1n) is 7.73. The molecule has 5 nitrogen and oxygen atoms in total. The van der Waals surface area contributed by atoms with Gasteiger partial charge in [0.15, 0.2) is 0 Å². The Hall–Kier alpha value is -2.27. The first-order chi connectivity index (χ1) is 10.8. The van der Waals surface area contributed by atoms with E-state index >= 15 is 0 Å². The molecule has 1 aromatic carbocycles. The predicted molar refractivity (Wildman–Crippen MR) is 91.5 cm³/mol. The number of nitrogen functional groups attached to an aromatic ring is 1. The number of nitrogens with two attached hydrogens (primary N) is 1. The summed E-state index contributed by atoms with van der Waals surface area (Å²) in [6.45, 7) is 9.06. The van der Waals surface area contributed by atoms with Crippen LogP contribution >= 0.6 is 0 Å². The molecule has 1 aliphatic heterocycles. The van der Waals surface area contributed by atoms with Crippen LogP contribution in [0.25, 0.3) is 16.8 Å². The lowest BCUT2D eigenvalue weighted by Gasteiger charge is -2.45. The summed E-state index contributed by atoms with van der Waals surface area (Å²) in [5.41, 5.74) is 8.84. The number of benzene rings is 1. The molecule has 5 heteroatoms. The maximum atomic E-state index is 5.93. The standard InChI is InChI=1S/C18H22N4O/c1-17(2)13(10-11-23-18(17,3)4)15-14(20-16(19)22-21-15)12-8-6-5-7-9-12/h5-10H,11H2,1-4H3,(H2,19,20,22). The van der Waals surface area contributed by atoms with Gasteiger partial charge in [-0.3, -0.25) is 0 Å². The first kappa shape index (κ1) is 15.6. The molecule has 0 saturated heterocycles. The Bertz CT molecular complexity index is 751. The van der Waals surface area contributed by atoms with Crippen molar-refractivity contribution < 1.29 is 4.74 Å². The van der Waals surface area contributed by atoms with E-state index in [-0.39, 0.29) is 17.0 Å². The van der Waals surface area contributed by atoms with Crippen molar-refractivity contribution in [1.82, 2.24) is 15.2 Å². The Balaban J connectivity index is 2.20. The molecule has 2 N–H and O–H groups in total. The monoisotopic (exact) mass is 310 g/mol. The van der Waals surface area contributed by atoms with Gasteiger partial charge in [-0.2, -0.15) is 0 Å². The largest absolute Gasteiger partial charge is 0.371 e. The fraction of sp³-hybridized carbons (Fsp3) is 0.389.